The fourth-order valence-electron chi connectivity index (χ4n) is 11.1. The first-order valence-corrected chi connectivity index (χ1v) is 24.3. The van der Waals surface area contributed by atoms with Crippen LogP contribution in [-0.4, -0.2) is 4.57 Å². The number of allylic oxidation sites excluding steroid dienone is 4. The summed E-state index contributed by atoms with van der Waals surface area (Å²) < 4.78 is 9.14. The molecule has 0 saturated heterocycles. The third-order valence-corrected chi connectivity index (χ3v) is 14.4. The molecule has 2 heterocycles. The van der Waals surface area contributed by atoms with Crippen LogP contribution < -0.4 is 4.90 Å². The number of aromatic nitrogens is 1. The Balaban J connectivity index is 0.972. The molecule has 70 heavy (non-hydrogen) atoms. The smallest absolute Gasteiger partial charge is 0.143 e. The molecule has 2 aromatic heterocycles. The van der Waals surface area contributed by atoms with E-state index >= 15 is 0 Å². The Morgan fingerprint density at radius 1 is 0.429 bits per heavy atom. The molecule has 13 rings (SSSR count). The van der Waals surface area contributed by atoms with Gasteiger partial charge in [0.25, 0.3) is 0 Å². The van der Waals surface area contributed by atoms with Crippen LogP contribution in [0.1, 0.15) is 24.0 Å². The number of para-hydroxylation sites is 5. The zero-order chi connectivity index (χ0) is 46.5. The monoisotopic (exact) mass is 896 g/mol. The molecule has 0 aliphatic heterocycles. The first-order valence-electron chi connectivity index (χ1n) is 24.3. The van der Waals surface area contributed by atoms with E-state index in [9.17, 15) is 0 Å². The number of fused-ring (bicyclic) bond motifs is 6. The summed E-state index contributed by atoms with van der Waals surface area (Å²) in [5, 5.41) is 4.71. The Kier molecular flexibility index (Phi) is 10.2. The van der Waals surface area contributed by atoms with Crippen molar-refractivity contribution in [3.05, 3.63) is 272 Å². The summed E-state index contributed by atoms with van der Waals surface area (Å²) in [6.45, 7) is 2.33. The van der Waals surface area contributed by atoms with Crippen LogP contribution in [0.5, 0.6) is 0 Å². The molecule has 0 saturated carbocycles. The Morgan fingerprint density at radius 3 is 1.73 bits per heavy atom. The van der Waals surface area contributed by atoms with Crippen LogP contribution in [0.4, 0.5) is 17.1 Å². The second-order valence-electron chi connectivity index (χ2n) is 18.4. The van der Waals surface area contributed by atoms with E-state index < -0.39 is 0 Å². The molecule has 0 radical (unpaired) electrons. The van der Waals surface area contributed by atoms with E-state index in [2.05, 4.69) is 271 Å². The van der Waals surface area contributed by atoms with E-state index in [1.165, 1.54) is 49.6 Å². The van der Waals surface area contributed by atoms with Crippen molar-refractivity contribution in [3.63, 3.8) is 0 Å². The van der Waals surface area contributed by atoms with Gasteiger partial charge in [0.1, 0.15) is 11.2 Å². The summed E-state index contributed by atoms with van der Waals surface area (Å²) in [7, 11) is 0. The van der Waals surface area contributed by atoms with Crippen molar-refractivity contribution in [1.82, 2.24) is 4.57 Å². The van der Waals surface area contributed by atoms with Crippen LogP contribution in [0, 0.1) is 5.92 Å². The second kappa shape index (κ2) is 17.3. The quantitative estimate of drug-likeness (QED) is 0.144. The van der Waals surface area contributed by atoms with Crippen molar-refractivity contribution in [2.24, 2.45) is 5.92 Å². The first kappa shape index (κ1) is 41.3. The SMILES string of the molecule is CC1C=CC=C(c2ccccc2)C1c1ccc(N(c2ccc(-c3ccc(-c4ccccc4)cc3-n3c4ccccc4c4ccccc43)cc2)c2ccccc2-c2cccc3c2oc2ccccc23)cc1. The zero-order valence-corrected chi connectivity index (χ0v) is 38.8. The Labute approximate surface area is 408 Å². The average molecular weight is 897 g/mol. The van der Waals surface area contributed by atoms with E-state index in [0.717, 1.165) is 66.9 Å². The molecule has 3 heteroatoms. The van der Waals surface area contributed by atoms with Crippen LogP contribution in [0.2, 0.25) is 0 Å². The third-order valence-electron chi connectivity index (χ3n) is 14.4. The molecule has 0 fully saturated rings. The minimum absolute atomic E-state index is 0.226. The lowest BCUT2D eigenvalue weighted by atomic mass is 9.76. The van der Waals surface area contributed by atoms with Crippen molar-refractivity contribution in [3.8, 4) is 39.1 Å². The zero-order valence-electron chi connectivity index (χ0n) is 38.8. The molecule has 1 aliphatic carbocycles. The first-order chi connectivity index (χ1) is 34.7. The van der Waals surface area contributed by atoms with Gasteiger partial charge < -0.3 is 13.9 Å². The van der Waals surface area contributed by atoms with Gasteiger partial charge in [-0.2, -0.15) is 0 Å². The second-order valence-corrected chi connectivity index (χ2v) is 18.4. The number of nitrogens with zero attached hydrogens (tertiary/aromatic N) is 2. The van der Waals surface area contributed by atoms with E-state index in [-0.39, 0.29) is 5.92 Å². The van der Waals surface area contributed by atoms with Crippen LogP contribution in [0.3, 0.4) is 0 Å². The number of rotatable bonds is 9. The maximum Gasteiger partial charge on any atom is 0.143 e. The lowest BCUT2D eigenvalue weighted by molar-refractivity contribution is 0.649. The lowest BCUT2D eigenvalue weighted by Gasteiger charge is -2.30. The van der Waals surface area contributed by atoms with Gasteiger partial charge in [-0.1, -0.05) is 213 Å². The number of anilines is 3. The standard InChI is InChI=1S/C67H48N2O/c1-45-18-16-27-54(47-21-6-3-7-22-47)66(45)49-36-41-52(42-37-49)68(61-30-12-10-25-57(61)59-28-17-29-60-58-26-11-15-33-65(58)70-67(59)60)51-39-34-48(35-40-51)53-43-38-50(46-19-4-2-5-20-46)44-64(53)69-62-31-13-8-23-55(62)56-24-9-14-32-63(56)69/h2-45,66H,1H3. The van der Waals surface area contributed by atoms with Gasteiger partial charge in [0.15, 0.2) is 0 Å². The molecular formula is C67H48N2O. The van der Waals surface area contributed by atoms with Gasteiger partial charge in [0.2, 0.25) is 0 Å². The van der Waals surface area contributed by atoms with Gasteiger partial charge in [0, 0.05) is 55.5 Å². The summed E-state index contributed by atoms with van der Waals surface area (Å²) in [6, 6.07) is 88.0. The molecule has 2 unspecified atom stereocenters. The van der Waals surface area contributed by atoms with Crippen LogP contribution in [0.25, 0.3) is 88.4 Å². The van der Waals surface area contributed by atoms with Crippen LogP contribution in [-0.2, 0) is 0 Å². The topological polar surface area (TPSA) is 21.3 Å². The van der Waals surface area contributed by atoms with Crippen molar-refractivity contribution in [2.45, 2.75) is 12.8 Å². The van der Waals surface area contributed by atoms with Crippen LogP contribution >= 0.6 is 0 Å². The molecule has 3 nitrogen and oxygen atoms in total. The van der Waals surface area contributed by atoms with Gasteiger partial charge in [-0.3, -0.25) is 0 Å². The van der Waals surface area contributed by atoms with Gasteiger partial charge in [-0.05, 0) is 93.9 Å². The number of benzene rings is 10. The van der Waals surface area contributed by atoms with Gasteiger partial charge >= 0.3 is 0 Å². The summed E-state index contributed by atoms with van der Waals surface area (Å²) in [4.78, 5) is 2.41. The largest absolute Gasteiger partial charge is 0.455 e. The fourth-order valence-corrected chi connectivity index (χ4v) is 11.1. The predicted octanol–water partition coefficient (Wildman–Crippen LogP) is 18.5. The molecule has 0 spiro atoms. The van der Waals surface area contributed by atoms with E-state index in [0.29, 0.717) is 5.92 Å². The number of hydrogen-bond acceptors (Lipinski definition) is 2. The third kappa shape index (κ3) is 7.05. The lowest BCUT2D eigenvalue weighted by Crippen LogP contribution is -2.14. The number of furan rings is 1. The molecule has 12 aromatic rings. The van der Waals surface area contributed by atoms with Crippen molar-refractivity contribution >= 4 is 66.4 Å². The predicted molar refractivity (Wildman–Crippen MR) is 295 cm³/mol. The summed E-state index contributed by atoms with van der Waals surface area (Å²) in [5.41, 5.74) is 19.2. The Hall–Kier alpha value is -8.92. The highest BCUT2D eigenvalue weighted by atomic mass is 16.3. The maximum atomic E-state index is 6.69. The Morgan fingerprint density at radius 2 is 1.00 bits per heavy atom. The van der Waals surface area contributed by atoms with E-state index in [1.807, 2.05) is 6.07 Å². The highest BCUT2D eigenvalue weighted by Crippen LogP contribution is 2.47. The number of hydrogen-bond donors (Lipinski definition) is 0. The molecule has 0 bridgehead atoms. The normalized spacial score (nSPS) is 14.7. The highest BCUT2D eigenvalue weighted by molar-refractivity contribution is 6.11. The van der Waals surface area contributed by atoms with Crippen molar-refractivity contribution in [1.29, 1.82) is 0 Å². The molecule has 332 valence electrons. The minimum Gasteiger partial charge on any atom is -0.455 e. The molecule has 2 atom stereocenters. The summed E-state index contributed by atoms with van der Waals surface area (Å²) in [5.74, 6) is 0.568. The van der Waals surface area contributed by atoms with E-state index in [1.54, 1.807) is 0 Å². The van der Waals surface area contributed by atoms with E-state index in [4.69, 9.17) is 4.42 Å². The van der Waals surface area contributed by atoms with Crippen molar-refractivity contribution in [2.75, 3.05) is 4.90 Å². The minimum atomic E-state index is 0.226. The Bertz CT molecular complexity index is 3900. The molecule has 10 aromatic carbocycles. The highest BCUT2D eigenvalue weighted by Gasteiger charge is 2.27. The van der Waals surface area contributed by atoms with Gasteiger partial charge in [-0.25, -0.2) is 0 Å². The average Bonchev–Trinajstić information content (AvgIpc) is 3.98. The molecule has 1 aliphatic rings. The van der Waals surface area contributed by atoms with Gasteiger partial charge in [0.05, 0.1) is 22.4 Å². The maximum absolute atomic E-state index is 6.69. The van der Waals surface area contributed by atoms with Crippen molar-refractivity contribution < 1.29 is 4.42 Å². The molecule has 0 amide bonds. The molecular weight excluding hydrogens is 849 g/mol. The molecule has 0 N–H and O–H groups in total. The summed E-state index contributed by atoms with van der Waals surface area (Å²) >= 11 is 0. The van der Waals surface area contributed by atoms with Crippen LogP contribution in [0.15, 0.2) is 265 Å². The van der Waals surface area contributed by atoms with Gasteiger partial charge in [-0.15, -0.1) is 0 Å². The summed E-state index contributed by atoms with van der Waals surface area (Å²) in [6.07, 6.45) is 6.83. The fraction of sp³-hybridized carbons (Fsp3) is 0.0448.